The predicted octanol–water partition coefficient (Wildman–Crippen LogP) is 3.81. The first kappa shape index (κ1) is 18.3. The van der Waals surface area contributed by atoms with Crippen LogP contribution in [0.1, 0.15) is 0 Å². The van der Waals surface area contributed by atoms with E-state index in [1.165, 1.54) is 11.0 Å². The van der Waals surface area contributed by atoms with Crippen molar-refractivity contribution in [2.45, 2.75) is 0 Å². The molecule has 0 saturated carbocycles. The van der Waals surface area contributed by atoms with Crippen LogP contribution in [0.3, 0.4) is 0 Å². The molecule has 136 valence electrons. The summed E-state index contributed by atoms with van der Waals surface area (Å²) in [5, 5.41) is 2.84. The van der Waals surface area contributed by atoms with Crippen molar-refractivity contribution >= 4 is 51.9 Å². The molecule has 0 aliphatic carbocycles. The molecule has 0 atom stereocenters. The number of nitrogens with two attached hydrogens (primary N) is 2. The number of nitrogens with zero attached hydrogens (tertiary/aromatic N) is 1. The van der Waals surface area contributed by atoms with Gasteiger partial charge in [-0.15, -0.1) is 0 Å². The second-order valence-corrected chi connectivity index (χ2v) is 6.17. The minimum atomic E-state index is -0.809. The summed E-state index contributed by atoms with van der Waals surface area (Å²) in [4.78, 5) is 26.8. The summed E-state index contributed by atoms with van der Waals surface area (Å²) in [6.07, 6.45) is 0. The number of carbonyl (C=O) groups is 2. The summed E-state index contributed by atoms with van der Waals surface area (Å²) >= 11 is 5.96. The Hall–Kier alpha value is -3.51. The first-order valence-corrected chi connectivity index (χ1v) is 8.44. The number of hydrogen-bond donors (Lipinski definition) is 3. The average Bonchev–Trinajstić information content (AvgIpc) is 2.67. The number of amides is 2. The lowest BCUT2D eigenvalue weighted by molar-refractivity contribution is -0.134. The van der Waals surface area contributed by atoms with E-state index in [4.69, 9.17) is 23.1 Å². The highest BCUT2D eigenvalue weighted by atomic mass is 35.5. The Balaban J connectivity index is 1.91. The van der Waals surface area contributed by atoms with Gasteiger partial charge < -0.3 is 16.8 Å². The van der Waals surface area contributed by atoms with E-state index in [2.05, 4.69) is 5.32 Å². The third-order valence-electron chi connectivity index (χ3n) is 3.82. The molecule has 0 unspecified atom stereocenters. The third-order valence-corrected chi connectivity index (χ3v) is 4.15. The maximum atomic E-state index is 12.9. The molecular formula is C20H17ClN4O2. The Morgan fingerprint density at radius 2 is 1.48 bits per heavy atom. The van der Waals surface area contributed by atoms with Gasteiger partial charge in [0.2, 0.25) is 0 Å². The van der Waals surface area contributed by atoms with Gasteiger partial charge in [-0.1, -0.05) is 29.8 Å². The van der Waals surface area contributed by atoms with Crippen LogP contribution in [0.5, 0.6) is 0 Å². The van der Waals surface area contributed by atoms with Crippen molar-refractivity contribution in [2.24, 2.45) is 0 Å². The lowest BCUT2D eigenvalue weighted by Gasteiger charge is -2.22. The first-order chi connectivity index (χ1) is 13.0. The molecule has 7 heteroatoms. The van der Waals surface area contributed by atoms with Crippen molar-refractivity contribution in [3.63, 3.8) is 0 Å². The molecule has 27 heavy (non-hydrogen) atoms. The molecule has 3 aromatic rings. The second kappa shape index (κ2) is 7.80. The maximum absolute atomic E-state index is 12.9. The zero-order valence-corrected chi connectivity index (χ0v) is 15.0. The van der Waals surface area contributed by atoms with Gasteiger partial charge in [-0.05, 0) is 54.6 Å². The first-order valence-electron chi connectivity index (χ1n) is 8.07. The highest BCUT2D eigenvalue weighted by Crippen LogP contribution is 2.27. The lowest BCUT2D eigenvalue weighted by atomic mass is 10.2. The minimum absolute atomic E-state index is 0.290. The molecule has 0 heterocycles. The molecule has 3 rings (SSSR count). The number of hydrogen-bond acceptors (Lipinski definition) is 4. The van der Waals surface area contributed by atoms with E-state index in [1.54, 1.807) is 60.7 Å². The fourth-order valence-electron chi connectivity index (χ4n) is 2.48. The molecule has 5 N–H and O–H groups in total. The summed E-state index contributed by atoms with van der Waals surface area (Å²) in [6, 6.07) is 20.1. The van der Waals surface area contributed by atoms with Gasteiger partial charge in [0.05, 0.1) is 10.7 Å². The van der Waals surface area contributed by atoms with Crippen LogP contribution in [0.25, 0.3) is 0 Å². The Kier molecular flexibility index (Phi) is 5.28. The van der Waals surface area contributed by atoms with Gasteiger partial charge in [0.1, 0.15) is 0 Å². The van der Waals surface area contributed by atoms with Crippen LogP contribution in [0, 0.1) is 0 Å². The van der Waals surface area contributed by atoms with Gasteiger partial charge in [-0.3, -0.25) is 14.5 Å². The van der Waals surface area contributed by atoms with E-state index >= 15 is 0 Å². The molecule has 2 amide bonds. The lowest BCUT2D eigenvalue weighted by Crippen LogP contribution is -2.36. The number of anilines is 5. The van der Waals surface area contributed by atoms with E-state index in [1.807, 2.05) is 6.07 Å². The summed E-state index contributed by atoms with van der Waals surface area (Å²) in [6.45, 7) is 0. The topological polar surface area (TPSA) is 101 Å². The van der Waals surface area contributed by atoms with Gasteiger partial charge in [0.15, 0.2) is 0 Å². The van der Waals surface area contributed by atoms with Crippen LogP contribution in [-0.4, -0.2) is 11.8 Å². The summed E-state index contributed by atoms with van der Waals surface area (Å²) in [5.41, 5.74) is 13.8. The standard InChI is InChI=1S/C20H17ClN4O2/c21-17-12-14(8-11-18(17)23)24-19(26)20(27)25(15-4-2-1-3-5-15)16-9-6-13(22)7-10-16/h1-12H,22-23H2,(H,24,26). The number of halogens is 1. The average molecular weight is 381 g/mol. The van der Waals surface area contributed by atoms with Crippen molar-refractivity contribution in [2.75, 3.05) is 21.7 Å². The van der Waals surface area contributed by atoms with Gasteiger partial charge in [-0.2, -0.15) is 0 Å². The molecule has 0 fully saturated rings. The van der Waals surface area contributed by atoms with Crippen LogP contribution >= 0.6 is 11.6 Å². The molecule has 0 aromatic heterocycles. The molecule has 0 radical (unpaired) electrons. The van der Waals surface area contributed by atoms with E-state index in [0.29, 0.717) is 33.5 Å². The van der Waals surface area contributed by atoms with E-state index < -0.39 is 11.8 Å². The normalized spacial score (nSPS) is 10.3. The zero-order valence-electron chi connectivity index (χ0n) is 14.2. The number of benzene rings is 3. The molecule has 0 aliphatic rings. The van der Waals surface area contributed by atoms with Crippen molar-refractivity contribution in [1.29, 1.82) is 0 Å². The Labute approximate surface area is 161 Å². The number of para-hydroxylation sites is 1. The summed E-state index contributed by atoms with van der Waals surface area (Å²) in [5.74, 6) is -1.56. The molecule has 0 spiro atoms. The van der Waals surface area contributed by atoms with E-state index in [9.17, 15) is 9.59 Å². The predicted molar refractivity (Wildman–Crippen MR) is 109 cm³/mol. The number of nitrogen functional groups attached to an aromatic ring is 2. The van der Waals surface area contributed by atoms with E-state index in [0.717, 1.165) is 0 Å². The fraction of sp³-hybridized carbons (Fsp3) is 0. The van der Waals surface area contributed by atoms with Crippen LogP contribution in [0.2, 0.25) is 5.02 Å². The molecule has 0 bridgehead atoms. The Morgan fingerprint density at radius 3 is 2.11 bits per heavy atom. The van der Waals surface area contributed by atoms with Crippen LogP contribution < -0.4 is 21.7 Å². The van der Waals surface area contributed by atoms with Gasteiger partial charge in [0, 0.05) is 22.7 Å². The second-order valence-electron chi connectivity index (χ2n) is 5.76. The Morgan fingerprint density at radius 1 is 0.852 bits per heavy atom. The number of nitrogens with one attached hydrogen (secondary N) is 1. The summed E-state index contributed by atoms with van der Waals surface area (Å²) < 4.78 is 0. The molecule has 0 aliphatic heterocycles. The third kappa shape index (κ3) is 4.19. The quantitative estimate of drug-likeness (QED) is 0.475. The van der Waals surface area contributed by atoms with Crippen molar-refractivity contribution < 1.29 is 9.59 Å². The van der Waals surface area contributed by atoms with Gasteiger partial charge in [0.25, 0.3) is 0 Å². The van der Waals surface area contributed by atoms with E-state index in [-0.39, 0.29) is 0 Å². The number of rotatable bonds is 3. The largest absolute Gasteiger partial charge is 0.399 e. The van der Waals surface area contributed by atoms with Crippen molar-refractivity contribution in [1.82, 2.24) is 0 Å². The van der Waals surface area contributed by atoms with Gasteiger partial charge in [-0.25, -0.2) is 0 Å². The zero-order chi connectivity index (χ0) is 19.4. The molecular weight excluding hydrogens is 364 g/mol. The van der Waals surface area contributed by atoms with Gasteiger partial charge >= 0.3 is 11.8 Å². The Bertz CT molecular complexity index is 975. The highest BCUT2D eigenvalue weighted by Gasteiger charge is 2.25. The monoisotopic (exact) mass is 380 g/mol. The van der Waals surface area contributed by atoms with Crippen molar-refractivity contribution in [3.05, 3.63) is 77.8 Å². The highest BCUT2D eigenvalue weighted by molar-refractivity contribution is 6.45. The number of carbonyl (C=O) groups excluding carboxylic acids is 2. The molecule has 0 saturated heterocycles. The SMILES string of the molecule is Nc1ccc(N(C(=O)C(=O)Nc2ccc(N)c(Cl)c2)c2ccccc2)cc1. The molecule has 6 nitrogen and oxygen atoms in total. The van der Waals surface area contributed by atoms with Crippen LogP contribution in [0.4, 0.5) is 28.4 Å². The smallest absolute Gasteiger partial charge is 0.321 e. The summed E-state index contributed by atoms with van der Waals surface area (Å²) in [7, 11) is 0. The fourth-order valence-corrected chi connectivity index (χ4v) is 2.66. The minimum Gasteiger partial charge on any atom is -0.399 e. The van der Waals surface area contributed by atoms with Crippen LogP contribution in [-0.2, 0) is 9.59 Å². The maximum Gasteiger partial charge on any atom is 0.321 e. The molecule has 3 aromatic carbocycles. The van der Waals surface area contributed by atoms with Crippen molar-refractivity contribution in [3.8, 4) is 0 Å². The van der Waals surface area contributed by atoms with Crippen LogP contribution in [0.15, 0.2) is 72.8 Å².